The van der Waals surface area contributed by atoms with Gasteiger partial charge in [-0.3, -0.25) is 9.78 Å². The summed E-state index contributed by atoms with van der Waals surface area (Å²) < 4.78 is 0.973. The van der Waals surface area contributed by atoms with Crippen LogP contribution >= 0.6 is 15.9 Å². The van der Waals surface area contributed by atoms with Crippen LogP contribution in [0.2, 0.25) is 0 Å². The number of Topliss-reactive ketones (excluding diaryl/α,β-unsaturated/α-hetero) is 1. The first kappa shape index (κ1) is 19.1. The summed E-state index contributed by atoms with van der Waals surface area (Å²) in [5, 5.41) is 4.50. The van der Waals surface area contributed by atoms with Crippen molar-refractivity contribution in [2.45, 2.75) is 19.3 Å². The minimum atomic E-state index is 0.151. The van der Waals surface area contributed by atoms with E-state index in [9.17, 15) is 4.79 Å². The van der Waals surface area contributed by atoms with Crippen LogP contribution in [0.25, 0.3) is 10.9 Å². The van der Waals surface area contributed by atoms with Crippen LogP contribution in [0.5, 0.6) is 0 Å². The third kappa shape index (κ3) is 4.26. The molecule has 144 valence electrons. The van der Waals surface area contributed by atoms with Crippen LogP contribution in [-0.2, 0) is 6.42 Å². The minimum absolute atomic E-state index is 0.151. The van der Waals surface area contributed by atoms with Gasteiger partial charge in [0.05, 0.1) is 16.8 Å². The summed E-state index contributed by atoms with van der Waals surface area (Å²) in [5.74, 6) is 0.346. The highest BCUT2D eigenvalue weighted by Gasteiger charge is 2.32. The van der Waals surface area contributed by atoms with Crippen molar-refractivity contribution in [3.63, 3.8) is 0 Å². The Morgan fingerprint density at radius 2 is 2.04 bits per heavy atom. The van der Waals surface area contributed by atoms with Gasteiger partial charge in [0.25, 0.3) is 0 Å². The van der Waals surface area contributed by atoms with Crippen LogP contribution in [0, 0.1) is 5.92 Å². The number of pyridine rings is 1. The van der Waals surface area contributed by atoms with Crippen molar-refractivity contribution in [2.75, 3.05) is 26.0 Å². The molecule has 1 saturated carbocycles. The van der Waals surface area contributed by atoms with Gasteiger partial charge in [-0.1, -0.05) is 28.1 Å². The van der Waals surface area contributed by atoms with Crippen LogP contribution < -0.4 is 5.32 Å². The predicted octanol–water partition coefficient (Wildman–Crippen LogP) is 5.44. The van der Waals surface area contributed by atoms with E-state index in [0.29, 0.717) is 5.56 Å². The number of aromatic nitrogens is 1. The molecule has 2 aromatic carbocycles. The summed E-state index contributed by atoms with van der Waals surface area (Å²) >= 11 is 3.56. The van der Waals surface area contributed by atoms with E-state index >= 15 is 0 Å². The van der Waals surface area contributed by atoms with Crippen molar-refractivity contribution in [3.05, 3.63) is 64.3 Å². The third-order valence-corrected chi connectivity index (χ3v) is 5.58. The average molecular weight is 438 g/mol. The lowest BCUT2D eigenvalue weighted by Crippen LogP contribution is -2.15. The lowest BCUT2D eigenvalue weighted by Gasteiger charge is -2.16. The zero-order chi connectivity index (χ0) is 19.7. The molecule has 1 N–H and O–H groups in total. The number of likely N-dealkylation sites (N-methyl/N-ethyl adjacent to an activating group) is 1. The van der Waals surface area contributed by atoms with Crippen molar-refractivity contribution in [2.24, 2.45) is 5.92 Å². The molecule has 1 aliphatic carbocycles. The van der Waals surface area contributed by atoms with E-state index in [2.05, 4.69) is 69.5 Å². The molecular weight excluding hydrogens is 414 g/mol. The predicted molar refractivity (Wildman–Crippen MR) is 118 cm³/mol. The molecule has 0 aliphatic heterocycles. The molecule has 0 saturated heterocycles. The number of halogens is 1. The van der Waals surface area contributed by atoms with Gasteiger partial charge >= 0.3 is 0 Å². The Bertz CT molecular complexity index is 1030. The van der Waals surface area contributed by atoms with Gasteiger partial charge in [0.2, 0.25) is 0 Å². The number of carbonyl (C=O) groups is 1. The molecule has 1 heterocycles. The summed E-state index contributed by atoms with van der Waals surface area (Å²) in [6, 6.07) is 14.4. The van der Waals surface area contributed by atoms with Crippen LogP contribution in [0.3, 0.4) is 0 Å². The lowest BCUT2D eigenvalue weighted by atomic mass is 10.0. The Morgan fingerprint density at radius 3 is 2.79 bits per heavy atom. The number of nitrogens with one attached hydrogen (secondary N) is 1. The van der Waals surface area contributed by atoms with E-state index in [1.807, 2.05) is 18.2 Å². The van der Waals surface area contributed by atoms with E-state index < -0.39 is 0 Å². The van der Waals surface area contributed by atoms with Crippen molar-refractivity contribution >= 4 is 44.0 Å². The number of hydrogen-bond acceptors (Lipinski definition) is 4. The average Bonchev–Trinajstić information content (AvgIpc) is 3.52. The highest BCUT2D eigenvalue weighted by Crippen LogP contribution is 2.38. The van der Waals surface area contributed by atoms with E-state index in [4.69, 9.17) is 0 Å². The Labute approximate surface area is 174 Å². The van der Waals surface area contributed by atoms with Crippen LogP contribution in [0.4, 0.5) is 11.4 Å². The molecule has 1 fully saturated rings. The fourth-order valence-corrected chi connectivity index (χ4v) is 3.71. The van der Waals surface area contributed by atoms with Gasteiger partial charge in [-0.05, 0) is 69.3 Å². The molecule has 28 heavy (non-hydrogen) atoms. The first-order chi connectivity index (χ1) is 13.5. The van der Waals surface area contributed by atoms with Gasteiger partial charge in [-0.2, -0.15) is 0 Å². The summed E-state index contributed by atoms with van der Waals surface area (Å²) in [6.07, 6.45) is 4.68. The molecule has 5 heteroatoms. The Hall–Kier alpha value is -2.24. The summed E-state index contributed by atoms with van der Waals surface area (Å²) in [4.78, 5) is 19.6. The zero-order valence-corrected chi connectivity index (χ0v) is 17.8. The molecule has 3 aromatic rings. The van der Waals surface area contributed by atoms with Crippen molar-refractivity contribution in [3.8, 4) is 0 Å². The molecule has 1 aromatic heterocycles. The third-order valence-electron chi connectivity index (χ3n) is 5.09. The standard InChI is InChI=1S/C23H24BrN3O/c1-27(2)11-10-15-4-3-5-18(12-15)26-22-19-13-17(24)8-9-21(19)25-14-20(22)23(28)16-6-7-16/h3-5,8-9,12-14,16H,6-7,10-11H2,1-2H3,(H,25,26). The molecule has 0 unspecified atom stereocenters. The Balaban J connectivity index is 1.74. The SMILES string of the molecule is CN(C)CCc1cccc(Nc2c(C(=O)C3CC3)cnc3ccc(Br)cc23)c1. The quantitative estimate of drug-likeness (QED) is 0.499. The fourth-order valence-electron chi connectivity index (χ4n) is 3.35. The molecule has 0 spiro atoms. The second-order valence-electron chi connectivity index (χ2n) is 7.73. The van der Waals surface area contributed by atoms with E-state index in [1.54, 1.807) is 6.20 Å². The van der Waals surface area contributed by atoms with Gasteiger partial charge < -0.3 is 10.2 Å². The fraction of sp³-hybridized carbons (Fsp3) is 0.304. The van der Waals surface area contributed by atoms with Crippen molar-refractivity contribution < 1.29 is 4.79 Å². The first-order valence-electron chi connectivity index (χ1n) is 9.64. The number of carbonyl (C=O) groups excluding carboxylic acids is 1. The maximum absolute atomic E-state index is 12.9. The molecule has 0 radical (unpaired) electrons. The smallest absolute Gasteiger partial charge is 0.169 e. The topological polar surface area (TPSA) is 45.2 Å². The molecule has 0 amide bonds. The summed E-state index contributed by atoms with van der Waals surface area (Å²) in [5.41, 5.74) is 4.68. The second-order valence-corrected chi connectivity index (χ2v) is 8.64. The Kier molecular flexibility index (Phi) is 5.47. The number of hydrogen-bond donors (Lipinski definition) is 1. The summed E-state index contributed by atoms with van der Waals surface area (Å²) in [6.45, 7) is 1.00. The normalized spacial score (nSPS) is 13.9. The molecular formula is C23H24BrN3O. The number of anilines is 2. The number of fused-ring (bicyclic) bond motifs is 1. The highest BCUT2D eigenvalue weighted by atomic mass is 79.9. The van der Waals surface area contributed by atoms with Gasteiger partial charge in [0.15, 0.2) is 5.78 Å². The maximum atomic E-state index is 12.9. The maximum Gasteiger partial charge on any atom is 0.169 e. The van der Waals surface area contributed by atoms with Gasteiger partial charge in [0.1, 0.15) is 0 Å². The zero-order valence-electron chi connectivity index (χ0n) is 16.2. The minimum Gasteiger partial charge on any atom is -0.354 e. The number of ketones is 1. The second kappa shape index (κ2) is 8.02. The molecule has 1 aliphatic rings. The first-order valence-corrected chi connectivity index (χ1v) is 10.4. The molecule has 4 rings (SSSR count). The van der Waals surface area contributed by atoms with E-state index in [0.717, 1.165) is 52.6 Å². The van der Waals surface area contributed by atoms with E-state index in [-0.39, 0.29) is 11.7 Å². The van der Waals surface area contributed by atoms with E-state index in [1.165, 1.54) is 5.56 Å². The lowest BCUT2D eigenvalue weighted by molar-refractivity contribution is 0.0968. The largest absolute Gasteiger partial charge is 0.354 e. The van der Waals surface area contributed by atoms with Gasteiger partial charge in [-0.25, -0.2) is 0 Å². The highest BCUT2D eigenvalue weighted by molar-refractivity contribution is 9.10. The summed E-state index contributed by atoms with van der Waals surface area (Å²) in [7, 11) is 4.16. The van der Waals surface area contributed by atoms with Gasteiger partial charge in [0, 0.05) is 34.2 Å². The van der Waals surface area contributed by atoms with Crippen LogP contribution in [0.15, 0.2) is 53.1 Å². The monoisotopic (exact) mass is 437 g/mol. The molecule has 4 nitrogen and oxygen atoms in total. The number of nitrogens with zero attached hydrogens (tertiary/aromatic N) is 2. The number of benzene rings is 2. The van der Waals surface area contributed by atoms with Crippen molar-refractivity contribution in [1.29, 1.82) is 0 Å². The van der Waals surface area contributed by atoms with Crippen molar-refractivity contribution in [1.82, 2.24) is 9.88 Å². The molecule has 0 bridgehead atoms. The number of rotatable bonds is 7. The van der Waals surface area contributed by atoms with Crippen LogP contribution in [0.1, 0.15) is 28.8 Å². The Morgan fingerprint density at radius 1 is 1.21 bits per heavy atom. The van der Waals surface area contributed by atoms with Crippen LogP contribution in [-0.4, -0.2) is 36.3 Å². The molecule has 0 atom stereocenters. The van der Waals surface area contributed by atoms with Gasteiger partial charge in [-0.15, -0.1) is 0 Å².